The molecule has 0 unspecified atom stereocenters. The summed E-state index contributed by atoms with van der Waals surface area (Å²) in [7, 11) is 1.67. The Kier molecular flexibility index (Phi) is 2.83. The molecule has 1 fully saturated rings. The summed E-state index contributed by atoms with van der Waals surface area (Å²) in [6.07, 6.45) is 0.242. The van der Waals surface area contributed by atoms with Crippen molar-refractivity contribution in [3.63, 3.8) is 0 Å². The van der Waals surface area contributed by atoms with Crippen molar-refractivity contribution in [2.45, 2.75) is 12.2 Å². The minimum absolute atomic E-state index is 0.0650. The zero-order valence-corrected chi connectivity index (χ0v) is 8.07. The van der Waals surface area contributed by atoms with Crippen LogP contribution in [0.3, 0.4) is 0 Å². The number of epoxide rings is 1. The molecule has 72 valence electrons. The molecular weight excluding hydrogens is 176 g/mol. The van der Waals surface area contributed by atoms with E-state index in [0.717, 1.165) is 5.56 Å². The molecule has 0 spiro atoms. The van der Waals surface area contributed by atoms with Crippen LogP contribution in [0.2, 0.25) is 0 Å². The molecule has 0 N–H and O–H groups in total. The van der Waals surface area contributed by atoms with Gasteiger partial charge in [-0.05, 0) is 12.1 Å². The number of methoxy groups -OCH3 is 1. The van der Waals surface area contributed by atoms with Crippen LogP contribution in [0.15, 0.2) is 30.3 Å². The summed E-state index contributed by atoms with van der Waals surface area (Å²) in [5.41, 5.74) is 1.03. The third kappa shape index (κ3) is 2.35. The molecule has 2 rings (SSSR count). The van der Waals surface area contributed by atoms with Crippen LogP contribution in [-0.2, 0) is 9.47 Å². The first-order chi connectivity index (χ1) is 6.90. The smallest absolute Gasteiger partial charge is 0.147 e. The lowest BCUT2D eigenvalue weighted by molar-refractivity contribution is 0.171. The van der Waals surface area contributed by atoms with E-state index < -0.39 is 0 Å². The van der Waals surface area contributed by atoms with Crippen LogP contribution in [0.5, 0.6) is 0 Å². The lowest BCUT2D eigenvalue weighted by atomic mass is 10.2. The number of benzene rings is 1. The first-order valence-corrected chi connectivity index (χ1v) is 4.61. The van der Waals surface area contributed by atoms with Crippen molar-refractivity contribution < 1.29 is 9.47 Å². The third-order valence-corrected chi connectivity index (χ3v) is 2.05. The molecule has 2 nitrogen and oxygen atoms in total. The molecular formula is C12H12O2. The fourth-order valence-corrected chi connectivity index (χ4v) is 1.24. The maximum absolute atomic E-state index is 5.28. The second kappa shape index (κ2) is 4.28. The lowest BCUT2D eigenvalue weighted by Crippen LogP contribution is -2.00. The van der Waals surface area contributed by atoms with Crippen LogP contribution in [0.25, 0.3) is 0 Å². The Morgan fingerprint density at radius 3 is 2.86 bits per heavy atom. The highest BCUT2D eigenvalue weighted by Gasteiger charge is 2.37. The molecule has 1 aromatic carbocycles. The van der Waals surface area contributed by atoms with Crippen LogP contribution < -0.4 is 0 Å². The fourth-order valence-electron chi connectivity index (χ4n) is 1.24. The van der Waals surface area contributed by atoms with Crippen molar-refractivity contribution in [2.24, 2.45) is 0 Å². The quantitative estimate of drug-likeness (QED) is 0.517. The largest absolute Gasteiger partial charge is 0.382 e. The van der Waals surface area contributed by atoms with Crippen molar-refractivity contribution in [2.75, 3.05) is 13.7 Å². The molecule has 0 saturated carbocycles. The van der Waals surface area contributed by atoms with Gasteiger partial charge in [-0.15, -0.1) is 0 Å². The Hall–Kier alpha value is -1.30. The lowest BCUT2D eigenvalue weighted by Gasteiger charge is -1.87. The van der Waals surface area contributed by atoms with E-state index in [1.807, 2.05) is 30.3 Å². The minimum Gasteiger partial charge on any atom is -0.382 e. The van der Waals surface area contributed by atoms with E-state index in [4.69, 9.17) is 9.47 Å². The van der Waals surface area contributed by atoms with Gasteiger partial charge in [-0.2, -0.15) is 0 Å². The third-order valence-electron chi connectivity index (χ3n) is 2.05. The van der Waals surface area contributed by atoms with Crippen molar-refractivity contribution in [1.29, 1.82) is 0 Å². The van der Waals surface area contributed by atoms with Crippen molar-refractivity contribution in [3.8, 4) is 11.8 Å². The Balaban J connectivity index is 1.90. The van der Waals surface area contributed by atoms with E-state index in [1.165, 1.54) is 0 Å². The molecule has 0 amide bonds. The van der Waals surface area contributed by atoms with Gasteiger partial charge in [0.2, 0.25) is 0 Å². The maximum Gasteiger partial charge on any atom is 0.147 e. The Morgan fingerprint density at radius 2 is 2.14 bits per heavy atom. The van der Waals surface area contributed by atoms with Gasteiger partial charge < -0.3 is 9.47 Å². The zero-order valence-electron chi connectivity index (χ0n) is 8.07. The molecule has 0 aromatic heterocycles. The van der Waals surface area contributed by atoms with Crippen LogP contribution in [0, 0.1) is 11.8 Å². The van der Waals surface area contributed by atoms with Gasteiger partial charge in [0.05, 0.1) is 6.61 Å². The van der Waals surface area contributed by atoms with Crippen LogP contribution in [-0.4, -0.2) is 25.9 Å². The van der Waals surface area contributed by atoms with Gasteiger partial charge in [0, 0.05) is 12.7 Å². The average Bonchev–Trinajstić information content (AvgIpc) is 2.96. The number of rotatable bonds is 2. The molecule has 1 heterocycles. The predicted molar refractivity (Wildman–Crippen MR) is 53.9 cm³/mol. The van der Waals surface area contributed by atoms with Gasteiger partial charge >= 0.3 is 0 Å². The molecule has 0 bridgehead atoms. The summed E-state index contributed by atoms with van der Waals surface area (Å²) in [4.78, 5) is 0. The summed E-state index contributed by atoms with van der Waals surface area (Å²) in [5, 5.41) is 0. The zero-order chi connectivity index (χ0) is 9.80. The Morgan fingerprint density at radius 1 is 1.36 bits per heavy atom. The maximum atomic E-state index is 5.28. The van der Waals surface area contributed by atoms with Gasteiger partial charge in [-0.1, -0.05) is 30.0 Å². The van der Waals surface area contributed by atoms with E-state index in [2.05, 4.69) is 11.8 Å². The van der Waals surface area contributed by atoms with Gasteiger partial charge in [0.15, 0.2) is 0 Å². The molecule has 2 atom stereocenters. The number of hydrogen-bond donors (Lipinski definition) is 0. The topological polar surface area (TPSA) is 21.8 Å². The van der Waals surface area contributed by atoms with Crippen LogP contribution in [0.4, 0.5) is 0 Å². The van der Waals surface area contributed by atoms with Crippen LogP contribution in [0.1, 0.15) is 5.56 Å². The van der Waals surface area contributed by atoms with Crippen LogP contribution >= 0.6 is 0 Å². The van der Waals surface area contributed by atoms with Crippen molar-refractivity contribution in [1.82, 2.24) is 0 Å². The molecule has 14 heavy (non-hydrogen) atoms. The fraction of sp³-hybridized carbons (Fsp3) is 0.333. The minimum atomic E-state index is 0.0650. The summed E-state index contributed by atoms with van der Waals surface area (Å²) < 4.78 is 10.2. The molecule has 1 aromatic rings. The average molecular weight is 188 g/mol. The van der Waals surface area contributed by atoms with Gasteiger partial charge in [-0.3, -0.25) is 0 Å². The first kappa shape index (κ1) is 9.26. The monoisotopic (exact) mass is 188 g/mol. The summed E-state index contributed by atoms with van der Waals surface area (Å²) in [6.45, 7) is 0.633. The summed E-state index contributed by atoms with van der Waals surface area (Å²) >= 11 is 0. The SMILES string of the molecule is COC[C@H]1O[C@H]1C#Cc1ccccc1. The summed E-state index contributed by atoms with van der Waals surface area (Å²) in [6, 6.07) is 9.91. The normalized spacial score (nSPS) is 23.8. The van der Waals surface area contributed by atoms with E-state index in [1.54, 1.807) is 7.11 Å². The molecule has 0 radical (unpaired) electrons. The number of hydrogen-bond acceptors (Lipinski definition) is 2. The molecule has 0 aliphatic carbocycles. The van der Waals surface area contributed by atoms with E-state index >= 15 is 0 Å². The number of ether oxygens (including phenoxy) is 2. The highest BCUT2D eigenvalue weighted by Crippen LogP contribution is 2.20. The second-order valence-corrected chi connectivity index (χ2v) is 3.19. The summed E-state index contributed by atoms with van der Waals surface area (Å²) in [5.74, 6) is 6.12. The van der Waals surface area contributed by atoms with Crippen molar-refractivity contribution in [3.05, 3.63) is 35.9 Å². The van der Waals surface area contributed by atoms with Gasteiger partial charge in [0.1, 0.15) is 12.2 Å². The first-order valence-electron chi connectivity index (χ1n) is 4.61. The van der Waals surface area contributed by atoms with E-state index in [0.29, 0.717) is 6.61 Å². The van der Waals surface area contributed by atoms with Crippen molar-refractivity contribution >= 4 is 0 Å². The predicted octanol–water partition coefficient (Wildman–Crippen LogP) is 1.45. The van der Waals surface area contributed by atoms with E-state index in [-0.39, 0.29) is 12.2 Å². The van der Waals surface area contributed by atoms with E-state index in [9.17, 15) is 0 Å². The highest BCUT2D eigenvalue weighted by molar-refractivity contribution is 5.35. The highest BCUT2D eigenvalue weighted by atomic mass is 16.6. The molecule has 1 saturated heterocycles. The Bertz CT molecular complexity index is 348. The second-order valence-electron chi connectivity index (χ2n) is 3.19. The molecule has 1 aliphatic heterocycles. The Labute approximate surface area is 83.8 Å². The molecule has 2 heteroatoms. The van der Waals surface area contributed by atoms with Gasteiger partial charge in [-0.25, -0.2) is 0 Å². The standard InChI is InChI=1S/C12H12O2/c1-13-9-12-11(14-12)8-7-10-5-3-2-4-6-10/h2-6,11-12H,9H2,1H3/t11-,12+/m0/s1. The van der Waals surface area contributed by atoms with Gasteiger partial charge in [0.25, 0.3) is 0 Å². The molecule has 1 aliphatic rings.